The fourth-order valence-electron chi connectivity index (χ4n) is 2.24. The molecule has 0 atom stereocenters. The minimum absolute atomic E-state index is 0.207. The van der Waals surface area contributed by atoms with Crippen LogP contribution in [0.15, 0.2) is 53.5 Å². The van der Waals surface area contributed by atoms with Crippen LogP contribution in [-0.4, -0.2) is 39.7 Å². The Kier molecular flexibility index (Phi) is 8.11. The molecule has 7 nitrogen and oxygen atoms in total. The summed E-state index contributed by atoms with van der Waals surface area (Å²) in [7, 11) is 3.27. The maximum Gasteiger partial charge on any atom is 0.319 e. The van der Waals surface area contributed by atoms with Crippen LogP contribution < -0.4 is 16.0 Å². The van der Waals surface area contributed by atoms with Gasteiger partial charge in [-0.3, -0.25) is 0 Å². The lowest BCUT2D eigenvalue weighted by Crippen LogP contribution is -2.33. The molecule has 2 aromatic rings. The number of anilines is 1. The molecule has 0 unspecified atom stereocenters. The Hall–Kier alpha value is -2.90. The monoisotopic (exact) mass is 356 g/mol. The van der Waals surface area contributed by atoms with E-state index >= 15 is 0 Å². The number of carbonyl (C=O) groups is 1. The first kappa shape index (κ1) is 19.4. The van der Waals surface area contributed by atoms with Gasteiger partial charge in [-0.25, -0.2) is 9.79 Å². The van der Waals surface area contributed by atoms with Crippen LogP contribution in [0.2, 0.25) is 0 Å². The van der Waals surface area contributed by atoms with Crippen LogP contribution >= 0.6 is 0 Å². The van der Waals surface area contributed by atoms with Crippen molar-refractivity contribution in [3.05, 3.63) is 59.7 Å². The van der Waals surface area contributed by atoms with Gasteiger partial charge in [-0.15, -0.1) is 0 Å². The third-order valence-electron chi connectivity index (χ3n) is 3.56. The zero-order valence-corrected chi connectivity index (χ0v) is 15.0. The Morgan fingerprint density at radius 2 is 1.69 bits per heavy atom. The molecular weight excluding hydrogens is 332 g/mol. The highest BCUT2D eigenvalue weighted by atomic mass is 17.2. The first-order chi connectivity index (χ1) is 12.7. The number of amides is 2. The number of aliphatic imine (C=N–C) groups is 1. The fraction of sp³-hybridized carbons (Fsp3) is 0.263. The molecule has 2 rings (SSSR count). The van der Waals surface area contributed by atoms with E-state index in [0.717, 1.165) is 29.9 Å². The largest absolute Gasteiger partial charge is 0.337 e. The molecule has 0 saturated heterocycles. The Balaban J connectivity index is 1.85. The van der Waals surface area contributed by atoms with Crippen LogP contribution in [-0.2, 0) is 16.2 Å². The van der Waals surface area contributed by atoms with Crippen molar-refractivity contribution < 1.29 is 14.6 Å². The molecule has 0 spiro atoms. The summed E-state index contributed by atoms with van der Waals surface area (Å²) >= 11 is 0. The highest BCUT2D eigenvalue weighted by molar-refractivity contribution is 5.89. The van der Waals surface area contributed by atoms with E-state index < -0.39 is 0 Å². The molecule has 0 aromatic heterocycles. The standard InChI is InChI=1S/C19H24N4O3/c1-20-11-12-21-19(24)23-18-9-5-16(6-10-18)13-15-3-7-17(8-4-15)22-14-26-25-2/h3-10,14,20H,11-13H2,1-2H3,(H2,21,23,24). The Morgan fingerprint density at radius 3 is 2.31 bits per heavy atom. The van der Waals surface area contributed by atoms with Gasteiger partial charge < -0.3 is 20.8 Å². The summed E-state index contributed by atoms with van der Waals surface area (Å²) in [5.41, 5.74) is 3.88. The van der Waals surface area contributed by atoms with Crippen LogP contribution in [0, 0.1) is 0 Å². The van der Waals surface area contributed by atoms with Gasteiger partial charge in [0.05, 0.1) is 12.8 Å². The lowest BCUT2D eigenvalue weighted by atomic mass is 10.0. The molecule has 7 heteroatoms. The Morgan fingerprint density at radius 1 is 1.04 bits per heavy atom. The quantitative estimate of drug-likeness (QED) is 0.212. The molecule has 0 radical (unpaired) electrons. The van der Waals surface area contributed by atoms with Crippen molar-refractivity contribution in [1.82, 2.24) is 10.6 Å². The highest BCUT2D eigenvalue weighted by Gasteiger charge is 2.02. The number of urea groups is 1. The number of hydrogen-bond acceptors (Lipinski definition) is 5. The summed E-state index contributed by atoms with van der Waals surface area (Å²) in [6.45, 7) is 1.31. The first-order valence-electron chi connectivity index (χ1n) is 8.30. The van der Waals surface area contributed by atoms with Crippen LogP contribution in [0.25, 0.3) is 0 Å². The maximum absolute atomic E-state index is 11.7. The topological polar surface area (TPSA) is 84.0 Å². The molecule has 0 aliphatic carbocycles. The molecule has 2 aromatic carbocycles. The second kappa shape index (κ2) is 10.9. The number of likely N-dealkylation sites (N-methyl/N-ethyl adjacent to an activating group) is 1. The molecule has 2 amide bonds. The van der Waals surface area contributed by atoms with Crippen LogP contribution in [0.4, 0.5) is 16.2 Å². The van der Waals surface area contributed by atoms with E-state index in [0.29, 0.717) is 6.54 Å². The van der Waals surface area contributed by atoms with Gasteiger partial charge in [0.25, 0.3) is 0 Å². The third kappa shape index (κ3) is 6.92. The first-order valence-corrected chi connectivity index (χ1v) is 8.30. The van der Waals surface area contributed by atoms with Crippen molar-refractivity contribution in [3.8, 4) is 0 Å². The number of benzene rings is 2. The molecule has 0 aliphatic rings. The normalized spacial score (nSPS) is 10.7. The number of nitrogens with zero attached hydrogens (tertiary/aromatic N) is 1. The van der Waals surface area contributed by atoms with E-state index in [9.17, 15) is 4.79 Å². The van der Waals surface area contributed by atoms with Crippen LogP contribution in [0.1, 0.15) is 11.1 Å². The molecule has 26 heavy (non-hydrogen) atoms. The van der Waals surface area contributed by atoms with Gasteiger partial charge in [-0.1, -0.05) is 24.3 Å². The lowest BCUT2D eigenvalue weighted by molar-refractivity contribution is -0.187. The smallest absolute Gasteiger partial charge is 0.319 e. The van der Waals surface area contributed by atoms with E-state index in [2.05, 4.69) is 30.7 Å². The summed E-state index contributed by atoms with van der Waals surface area (Å²) in [6, 6.07) is 15.4. The molecule has 0 saturated carbocycles. The van der Waals surface area contributed by atoms with E-state index in [1.807, 2.05) is 55.6 Å². The summed E-state index contributed by atoms with van der Waals surface area (Å²) in [4.78, 5) is 24.8. The van der Waals surface area contributed by atoms with Gasteiger partial charge in [0.1, 0.15) is 0 Å². The average molecular weight is 356 g/mol. The molecule has 3 N–H and O–H groups in total. The van der Waals surface area contributed by atoms with Gasteiger partial charge in [-0.2, -0.15) is 4.89 Å². The summed E-state index contributed by atoms with van der Waals surface area (Å²) < 4.78 is 0. The van der Waals surface area contributed by atoms with Gasteiger partial charge in [-0.05, 0) is 48.9 Å². The summed E-state index contributed by atoms with van der Waals surface area (Å²) in [5, 5.41) is 8.55. The van der Waals surface area contributed by atoms with Crippen molar-refractivity contribution in [2.24, 2.45) is 4.99 Å². The predicted molar refractivity (Wildman–Crippen MR) is 103 cm³/mol. The number of rotatable bonds is 9. The average Bonchev–Trinajstić information content (AvgIpc) is 2.65. The van der Waals surface area contributed by atoms with Crippen molar-refractivity contribution in [1.29, 1.82) is 0 Å². The number of nitrogens with one attached hydrogen (secondary N) is 3. The molecular formula is C19H24N4O3. The van der Waals surface area contributed by atoms with Crippen molar-refractivity contribution >= 4 is 23.8 Å². The van der Waals surface area contributed by atoms with Crippen LogP contribution in [0.5, 0.6) is 0 Å². The Labute approximate surface area is 153 Å². The van der Waals surface area contributed by atoms with Gasteiger partial charge in [0, 0.05) is 18.8 Å². The lowest BCUT2D eigenvalue weighted by Gasteiger charge is -2.08. The van der Waals surface area contributed by atoms with E-state index in [1.54, 1.807) is 0 Å². The van der Waals surface area contributed by atoms with Gasteiger partial charge in [0.15, 0.2) is 0 Å². The van der Waals surface area contributed by atoms with Gasteiger partial charge in [0.2, 0.25) is 6.40 Å². The highest BCUT2D eigenvalue weighted by Crippen LogP contribution is 2.17. The number of carbonyl (C=O) groups excluding carboxylic acids is 1. The Bertz CT molecular complexity index is 700. The molecule has 138 valence electrons. The zero-order valence-electron chi connectivity index (χ0n) is 15.0. The fourth-order valence-corrected chi connectivity index (χ4v) is 2.24. The van der Waals surface area contributed by atoms with Crippen molar-refractivity contribution in [2.75, 3.05) is 32.6 Å². The second-order valence-electron chi connectivity index (χ2n) is 5.52. The summed E-state index contributed by atoms with van der Waals surface area (Å²) in [5.74, 6) is 0. The minimum atomic E-state index is -0.207. The third-order valence-corrected chi connectivity index (χ3v) is 3.56. The SMILES string of the molecule is CNCCNC(=O)Nc1ccc(Cc2ccc(N=COOC)cc2)cc1. The predicted octanol–water partition coefficient (Wildman–Crippen LogP) is 2.86. The van der Waals surface area contributed by atoms with Crippen molar-refractivity contribution in [3.63, 3.8) is 0 Å². The molecule has 0 aliphatic heterocycles. The van der Waals surface area contributed by atoms with Gasteiger partial charge >= 0.3 is 6.03 Å². The van der Waals surface area contributed by atoms with E-state index in [4.69, 9.17) is 0 Å². The maximum atomic E-state index is 11.7. The number of hydrogen-bond donors (Lipinski definition) is 3. The second-order valence-corrected chi connectivity index (χ2v) is 5.52. The minimum Gasteiger partial charge on any atom is -0.337 e. The van der Waals surface area contributed by atoms with E-state index in [-0.39, 0.29) is 6.03 Å². The summed E-state index contributed by atoms with van der Waals surface area (Å²) in [6.07, 6.45) is 2.04. The zero-order chi connectivity index (χ0) is 18.6. The van der Waals surface area contributed by atoms with Crippen LogP contribution in [0.3, 0.4) is 0 Å². The van der Waals surface area contributed by atoms with Crippen molar-refractivity contribution in [2.45, 2.75) is 6.42 Å². The van der Waals surface area contributed by atoms with E-state index in [1.165, 1.54) is 19.1 Å². The molecule has 0 bridgehead atoms. The molecule has 0 fully saturated rings. The molecule has 0 heterocycles.